The summed E-state index contributed by atoms with van der Waals surface area (Å²) in [7, 11) is 1.61. The minimum Gasteiger partial charge on any atom is -0.497 e. The molecule has 0 fully saturated rings. The predicted octanol–water partition coefficient (Wildman–Crippen LogP) is 6.05. The molecule has 0 bridgehead atoms. The second-order valence-electron chi connectivity index (χ2n) is 6.37. The van der Waals surface area contributed by atoms with Crippen molar-refractivity contribution in [3.05, 3.63) is 98.6 Å². The molecule has 1 aliphatic heterocycles. The number of hydrogen-bond acceptors (Lipinski definition) is 3. The zero-order valence-corrected chi connectivity index (χ0v) is 18.6. The van der Waals surface area contributed by atoms with Gasteiger partial charge in [-0.3, -0.25) is 9.69 Å². The summed E-state index contributed by atoms with van der Waals surface area (Å²) in [5.41, 5.74) is 2.88. The summed E-state index contributed by atoms with van der Waals surface area (Å²) in [6.45, 7) is 0. The highest BCUT2D eigenvalue weighted by Gasteiger charge is 2.32. The number of amidine groups is 1. The third-order valence-electron chi connectivity index (χ3n) is 4.45. The third kappa shape index (κ3) is 4.18. The summed E-state index contributed by atoms with van der Waals surface area (Å²) in [5.74, 6) is 1.15. The predicted molar refractivity (Wildman–Crippen MR) is 123 cm³/mol. The molecule has 1 amide bonds. The molecule has 29 heavy (non-hydrogen) atoms. The first kappa shape index (κ1) is 19.6. The summed E-state index contributed by atoms with van der Waals surface area (Å²) in [6.07, 6.45) is 1.80. The van der Waals surface area contributed by atoms with E-state index in [1.807, 2.05) is 72.8 Å². The van der Waals surface area contributed by atoms with E-state index < -0.39 is 0 Å². The lowest BCUT2D eigenvalue weighted by Crippen LogP contribution is -2.32. The minimum atomic E-state index is -0.173. The fraction of sp³-hybridized carbons (Fsp3) is 0.0435. The molecule has 0 unspecified atom stereocenters. The first-order chi connectivity index (χ1) is 14.0. The average Bonchev–Trinajstić information content (AvgIpc) is 3.05. The molecule has 0 saturated heterocycles. The first-order valence-electron chi connectivity index (χ1n) is 8.85. The second-order valence-corrected chi connectivity index (χ2v) is 8.20. The van der Waals surface area contributed by atoms with Crippen molar-refractivity contribution in [1.82, 2.24) is 0 Å². The van der Waals surface area contributed by atoms with E-state index in [1.165, 1.54) is 0 Å². The van der Waals surface area contributed by atoms with E-state index in [2.05, 4.69) is 36.9 Å². The lowest BCUT2D eigenvalue weighted by Gasteiger charge is -2.19. The monoisotopic (exact) mass is 510 g/mol. The number of amides is 1. The Labute approximate surface area is 185 Å². The van der Waals surface area contributed by atoms with Crippen LogP contribution in [0.5, 0.6) is 5.75 Å². The van der Waals surface area contributed by atoms with E-state index in [1.54, 1.807) is 18.1 Å². The van der Waals surface area contributed by atoms with Crippen molar-refractivity contribution < 1.29 is 9.53 Å². The molecular formula is C23H16Br2N2O2. The third-order valence-corrected chi connectivity index (χ3v) is 5.47. The van der Waals surface area contributed by atoms with Crippen LogP contribution >= 0.6 is 31.9 Å². The number of carbonyl (C=O) groups is 1. The molecule has 3 aromatic rings. The molecular weight excluding hydrogens is 496 g/mol. The molecule has 0 spiro atoms. The van der Waals surface area contributed by atoms with Gasteiger partial charge in [0, 0.05) is 14.5 Å². The number of aliphatic imine (C=N–C) groups is 1. The van der Waals surface area contributed by atoms with Gasteiger partial charge in [0.25, 0.3) is 5.91 Å². The van der Waals surface area contributed by atoms with Gasteiger partial charge in [0.15, 0.2) is 0 Å². The maximum atomic E-state index is 13.3. The number of carbonyl (C=O) groups excluding carboxylic acids is 1. The number of benzene rings is 3. The molecule has 4 nitrogen and oxygen atoms in total. The second kappa shape index (κ2) is 8.35. The highest BCUT2D eigenvalue weighted by molar-refractivity contribution is 9.10. The molecule has 0 aromatic heterocycles. The van der Waals surface area contributed by atoms with Crippen LogP contribution in [0.2, 0.25) is 0 Å². The molecule has 6 heteroatoms. The lowest BCUT2D eigenvalue weighted by molar-refractivity contribution is -0.113. The molecule has 0 N–H and O–H groups in total. The largest absolute Gasteiger partial charge is 0.497 e. The highest BCUT2D eigenvalue weighted by Crippen LogP contribution is 2.30. The van der Waals surface area contributed by atoms with E-state index in [0.29, 0.717) is 11.5 Å². The Morgan fingerprint density at radius 1 is 0.931 bits per heavy atom. The van der Waals surface area contributed by atoms with Crippen LogP contribution in [-0.4, -0.2) is 18.9 Å². The molecule has 1 heterocycles. The Hall–Kier alpha value is -2.70. The Morgan fingerprint density at radius 2 is 1.66 bits per heavy atom. The maximum absolute atomic E-state index is 13.3. The zero-order valence-electron chi connectivity index (χ0n) is 15.5. The number of halogens is 2. The van der Waals surface area contributed by atoms with Crippen molar-refractivity contribution in [3.63, 3.8) is 0 Å². The van der Waals surface area contributed by atoms with Gasteiger partial charge >= 0.3 is 0 Å². The van der Waals surface area contributed by atoms with Crippen LogP contribution in [0.3, 0.4) is 0 Å². The van der Waals surface area contributed by atoms with Crippen LogP contribution in [0.15, 0.2) is 92.4 Å². The summed E-state index contributed by atoms with van der Waals surface area (Å²) in [6, 6.07) is 22.9. The van der Waals surface area contributed by atoms with Crippen LogP contribution in [0, 0.1) is 0 Å². The number of nitrogens with zero attached hydrogens (tertiary/aromatic N) is 2. The van der Waals surface area contributed by atoms with Gasteiger partial charge in [-0.1, -0.05) is 56.1 Å². The summed E-state index contributed by atoms with van der Waals surface area (Å²) < 4.78 is 7.15. The Balaban J connectivity index is 1.80. The molecule has 0 saturated carbocycles. The topological polar surface area (TPSA) is 41.9 Å². The number of methoxy groups -OCH3 is 1. The summed E-state index contributed by atoms with van der Waals surface area (Å²) in [4.78, 5) is 19.6. The molecule has 0 radical (unpaired) electrons. The SMILES string of the molecule is COc1ccc(N2C(=O)/C(=C\c3cccc(Br)c3)N=C2c2ccc(Br)cc2)cc1. The van der Waals surface area contributed by atoms with Gasteiger partial charge in [-0.25, -0.2) is 4.99 Å². The maximum Gasteiger partial charge on any atom is 0.282 e. The Kier molecular flexibility index (Phi) is 5.65. The van der Waals surface area contributed by atoms with Crippen molar-refractivity contribution in [1.29, 1.82) is 0 Å². The van der Waals surface area contributed by atoms with Gasteiger partial charge in [0.1, 0.15) is 17.3 Å². The molecule has 3 aromatic carbocycles. The molecule has 0 atom stereocenters. The number of hydrogen-bond donors (Lipinski definition) is 0. The van der Waals surface area contributed by atoms with E-state index >= 15 is 0 Å². The standard InChI is InChI=1S/C23H16Br2N2O2/c1-29-20-11-9-19(10-12-20)27-22(16-5-7-17(24)8-6-16)26-21(23(27)28)14-15-3-2-4-18(25)13-15/h2-14H,1H3/b21-14+. The van der Waals surface area contributed by atoms with Gasteiger partial charge in [-0.05, 0) is 60.2 Å². The van der Waals surface area contributed by atoms with E-state index in [4.69, 9.17) is 4.74 Å². The Bertz CT molecular complexity index is 1120. The number of rotatable bonds is 4. The van der Waals surface area contributed by atoms with Crippen LogP contribution in [0.1, 0.15) is 11.1 Å². The van der Waals surface area contributed by atoms with E-state index in [-0.39, 0.29) is 5.91 Å². The molecule has 4 rings (SSSR count). The summed E-state index contributed by atoms with van der Waals surface area (Å²) >= 11 is 6.92. The first-order valence-corrected chi connectivity index (χ1v) is 10.4. The average molecular weight is 512 g/mol. The van der Waals surface area contributed by atoms with Gasteiger partial charge in [-0.15, -0.1) is 0 Å². The minimum absolute atomic E-state index is 0.173. The van der Waals surface area contributed by atoms with Crippen LogP contribution in [0.25, 0.3) is 6.08 Å². The molecule has 1 aliphatic rings. The fourth-order valence-electron chi connectivity index (χ4n) is 3.03. The quantitative estimate of drug-likeness (QED) is 0.400. The molecule has 144 valence electrons. The summed E-state index contributed by atoms with van der Waals surface area (Å²) in [5, 5.41) is 0. The Morgan fingerprint density at radius 3 is 2.31 bits per heavy atom. The zero-order chi connectivity index (χ0) is 20.4. The fourth-order valence-corrected chi connectivity index (χ4v) is 3.72. The van der Waals surface area contributed by atoms with Gasteiger partial charge in [-0.2, -0.15) is 0 Å². The van der Waals surface area contributed by atoms with Crippen LogP contribution in [0.4, 0.5) is 5.69 Å². The lowest BCUT2D eigenvalue weighted by atomic mass is 10.1. The van der Waals surface area contributed by atoms with Crippen molar-refractivity contribution in [2.75, 3.05) is 12.0 Å². The van der Waals surface area contributed by atoms with Gasteiger partial charge < -0.3 is 4.74 Å². The number of ether oxygens (including phenoxy) is 1. The van der Waals surface area contributed by atoms with E-state index in [9.17, 15) is 4.79 Å². The van der Waals surface area contributed by atoms with Crippen molar-refractivity contribution in [3.8, 4) is 5.75 Å². The van der Waals surface area contributed by atoms with Crippen LogP contribution in [-0.2, 0) is 4.79 Å². The number of anilines is 1. The molecule has 0 aliphatic carbocycles. The van der Waals surface area contributed by atoms with Crippen LogP contribution < -0.4 is 9.64 Å². The van der Waals surface area contributed by atoms with Crippen molar-refractivity contribution >= 4 is 55.4 Å². The smallest absolute Gasteiger partial charge is 0.282 e. The normalized spacial score (nSPS) is 15.0. The van der Waals surface area contributed by atoms with Gasteiger partial charge in [0.05, 0.1) is 12.8 Å². The van der Waals surface area contributed by atoms with Crippen molar-refractivity contribution in [2.24, 2.45) is 4.99 Å². The van der Waals surface area contributed by atoms with E-state index in [0.717, 1.165) is 31.5 Å². The van der Waals surface area contributed by atoms with Crippen molar-refractivity contribution in [2.45, 2.75) is 0 Å². The van der Waals surface area contributed by atoms with Gasteiger partial charge in [0.2, 0.25) is 0 Å². The highest BCUT2D eigenvalue weighted by atomic mass is 79.9.